The second-order valence-corrected chi connectivity index (χ2v) is 6.80. The Morgan fingerprint density at radius 3 is 2.29 bits per heavy atom. The van der Waals surface area contributed by atoms with Gasteiger partial charge >= 0.3 is 6.18 Å². The molecule has 0 spiro atoms. The molecule has 0 radical (unpaired) electrons. The number of aromatic nitrogens is 1. The number of carbonyl (C=O) groups is 1. The number of hydrogen-bond donors (Lipinski definition) is 2. The number of benzene rings is 2. The Labute approximate surface area is 182 Å². The molecule has 0 bridgehead atoms. The van der Waals surface area contributed by atoms with E-state index in [1.807, 2.05) is 12.1 Å². The van der Waals surface area contributed by atoms with Crippen LogP contribution in [-0.4, -0.2) is 37.1 Å². The molecule has 31 heavy (non-hydrogen) atoms. The van der Waals surface area contributed by atoms with Crippen molar-refractivity contribution in [3.63, 3.8) is 0 Å². The number of amides is 1. The monoisotopic (exact) mass is 452 g/mol. The van der Waals surface area contributed by atoms with Gasteiger partial charge in [0.2, 0.25) is 11.7 Å². The third kappa shape index (κ3) is 5.18. The molecule has 6 nitrogen and oxygen atoms in total. The van der Waals surface area contributed by atoms with Gasteiger partial charge in [-0.25, -0.2) is 4.98 Å². The van der Waals surface area contributed by atoms with Crippen LogP contribution in [0.1, 0.15) is 16.2 Å². The average molecular weight is 453 g/mol. The molecule has 1 aromatic heterocycles. The molecular formula is C21H20ClF3N4O2. The zero-order chi connectivity index (χ0) is 21.1. The van der Waals surface area contributed by atoms with Crippen molar-refractivity contribution in [2.45, 2.75) is 6.18 Å². The molecule has 10 heteroatoms. The van der Waals surface area contributed by atoms with Crippen LogP contribution in [0.3, 0.4) is 0 Å². The molecule has 0 unspecified atom stereocenters. The lowest BCUT2D eigenvalue weighted by Gasteiger charge is -2.29. The van der Waals surface area contributed by atoms with Gasteiger partial charge in [-0.05, 0) is 36.4 Å². The molecule has 2 N–H and O–H groups in total. The van der Waals surface area contributed by atoms with Gasteiger partial charge in [0.15, 0.2) is 5.69 Å². The standard InChI is InChI=1S/C21H19F3N4O2.ClH/c22-21(23,24)18-17(27-20(30-18)14-4-2-1-3-5-14)19(29)26-15-6-8-16(9-7-15)28-12-10-25-11-13-28;/h1-9,25H,10-13H2,(H,26,29);1H. The molecule has 0 atom stereocenters. The predicted octanol–water partition coefficient (Wildman–Crippen LogP) is 4.44. The van der Waals surface area contributed by atoms with Crippen molar-refractivity contribution >= 4 is 29.7 Å². The van der Waals surface area contributed by atoms with Gasteiger partial charge in [-0.3, -0.25) is 4.79 Å². The van der Waals surface area contributed by atoms with Gasteiger partial charge in [-0.2, -0.15) is 13.2 Å². The highest BCUT2D eigenvalue weighted by atomic mass is 35.5. The second-order valence-electron chi connectivity index (χ2n) is 6.80. The zero-order valence-corrected chi connectivity index (χ0v) is 17.1. The maximum Gasteiger partial charge on any atom is 0.452 e. The molecule has 1 fully saturated rings. The highest BCUT2D eigenvalue weighted by Crippen LogP contribution is 2.35. The lowest BCUT2D eigenvalue weighted by atomic mass is 10.2. The van der Waals surface area contributed by atoms with Crippen LogP contribution in [0.25, 0.3) is 11.5 Å². The van der Waals surface area contributed by atoms with Crippen LogP contribution in [0.15, 0.2) is 59.0 Å². The number of oxazole rings is 1. The van der Waals surface area contributed by atoms with E-state index in [-0.39, 0.29) is 18.3 Å². The molecule has 1 aliphatic heterocycles. The molecule has 1 saturated heterocycles. The van der Waals surface area contributed by atoms with Gasteiger partial charge in [0, 0.05) is 43.1 Å². The molecule has 164 valence electrons. The van der Waals surface area contributed by atoms with E-state index in [4.69, 9.17) is 4.42 Å². The molecule has 4 rings (SSSR count). The lowest BCUT2D eigenvalue weighted by Crippen LogP contribution is -2.43. The van der Waals surface area contributed by atoms with Crippen LogP contribution in [0.4, 0.5) is 24.5 Å². The predicted molar refractivity (Wildman–Crippen MR) is 114 cm³/mol. The number of piperazine rings is 1. The third-order valence-electron chi connectivity index (χ3n) is 4.73. The minimum atomic E-state index is -4.85. The van der Waals surface area contributed by atoms with E-state index in [0.29, 0.717) is 11.3 Å². The number of halogens is 4. The summed E-state index contributed by atoms with van der Waals surface area (Å²) in [6.45, 7) is 3.49. The average Bonchev–Trinajstić information content (AvgIpc) is 3.22. The quantitative estimate of drug-likeness (QED) is 0.612. The number of nitrogens with one attached hydrogen (secondary N) is 2. The molecule has 2 aromatic carbocycles. The Balaban J connectivity index is 0.00000272. The summed E-state index contributed by atoms with van der Waals surface area (Å²) in [5, 5.41) is 5.74. The summed E-state index contributed by atoms with van der Waals surface area (Å²) in [6.07, 6.45) is -4.85. The van der Waals surface area contributed by atoms with E-state index in [1.165, 1.54) is 0 Å². The van der Waals surface area contributed by atoms with E-state index >= 15 is 0 Å². The Kier molecular flexibility index (Phi) is 6.87. The first-order valence-corrected chi connectivity index (χ1v) is 9.42. The van der Waals surface area contributed by atoms with Gasteiger partial charge in [0.25, 0.3) is 5.91 Å². The number of rotatable bonds is 4. The number of alkyl halides is 3. The van der Waals surface area contributed by atoms with E-state index in [0.717, 1.165) is 31.9 Å². The van der Waals surface area contributed by atoms with Crippen LogP contribution >= 0.6 is 12.4 Å². The van der Waals surface area contributed by atoms with Crippen molar-refractivity contribution in [1.82, 2.24) is 10.3 Å². The number of carbonyl (C=O) groups excluding carboxylic acids is 1. The van der Waals surface area contributed by atoms with Crippen molar-refractivity contribution in [3.8, 4) is 11.5 Å². The Morgan fingerprint density at radius 2 is 1.68 bits per heavy atom. The molecule has 2 heterocycles. The minimum absolute atomic E-state index is 0. The summed E-state index contributed by atoms with van der Waals surface area (Å²) >= 11 is 0. The van der Waals surface area contributed by atoms with Crippen molar-refractivity contribution in [2.75, 3.05) is 36.4 Å². The molecule has 0 saturated carbocycles. The SMILES string of the molecule is Cl.O=C(Nc1ccc(N2CCNCC2)cc1)c1nc(-c2ccccc2)oc1C(F)(F)F. The Morgan fingerprint density at radius 1 is 1.03 bits per heavy atom. The Hall–Kier alpha value is -3.04. The topological polar surface area (TPSA) is 70.4 Å². The first-order valence-electron chi connectivity index (χ1n) is 9.42. The third-order valence-corrected chi connectivity index (χ3v) is 4.73. The largest absolute Gasteiger partial charge is 0.452 e. The molecule has 1 amide bonds. The number of nitrogens with zero attached hydrogens (tertiary/aromatic N) is 2. The molecule has 3 aromatic rings. The second kappa shape index (κ2) is 9.40. The maximum absolute atomic E-state index is 13.4. The summed E-state index contributed by atoms with van der Waals surface area (Å²) < 4.78 is 45.1. The van der Waals surface area contributed by atoms with E-state index in [9.17, 15) is 18.0 Å². The van der Waals surface area contributed by atoms with E-state index in [2.05, 4.69) is 20.5 Å². The first-order chi connectivity index (χ1) is 14.4. The fraction of sp³-hybridized carbons (Fsp3) is 0.238. The van der Waals surface area contributed by atoms with Crippen molar-refractivity contribution < 1.29 is 22.4 Å². The highest BCUT2D eigenvalue weighted by Gasteiger charge is 2.42. The van der Waals surface area contributed by atoms with Gasteiger partial charge < -0.3 is 20.0 Å². The van der Waals surface area contributed by atoms with Crippen LogP contribution in [-0.2, 0) is 6.18 Å². The Bertz CT molecular complexity index is 1020. The van der Waals surface area contributed by atoms with Gasteiger partial charge in [-0.1, -0.05) is 18.2 Å². The van der Waals surface area contributed by atoms with E-state index in [1.54, 1.807) is 42.5 Å². The zero-order valence-electron chi connectivity index (χ0n) is 16.3. The van der Waals surface area contributed by atoms with E-state index < -0.39 is 23.5 Å². The summed E-state index contributed by atoms with van der Waals surface area (Å²) in [4.78, 5) is 18.6. The summed E-state index contributed by atoms with van der Waals surface area (Å²) in [6, 6.07) is 15.1. The first kappa shape index (κ1) is 22.6. The van der Waals surface area contributed by atoms with Crippen LogP contribution in [0, 0.1) is 0 Å². The smallest absolute Gasteiger partial charge is 0.431 e. The number of anilines is 2. The fourth-order valence-corrected chi connectivity index (χ4v) is 3.24. The maximum atomic E-state index is 13.4. The molecular weight excluding hydrogens is 433 g/mol. The van der Waals surface area contributed by atoms with Gasteiger partial charge in [-0.15, -0.1) is 12.4 Å². The normalized spacial score (nSPS) is 14.1. The summed E-state index contributed by atoms with van der Waals surface area (Å²) in [7, 11) is 0. The van der Waals surface area contributed by atoms with Crippen LogP contribution in [0.2, 0.25) is 0 Å². The summed E-state index contributed by atoms with van der Waals surface area (Å²) in [5.41, 5.74) is 0.907. The van der Waals surface area contributed by atoms with Crippen molar-refractivity contribution in [2.24, 2.45) is 0 Å². The van der Waals surface area contributed by atoms with Gasteiger partial charge in [0.05, 0.1) is 0 Å². The highest BCUT2D eigenvalue weighted by molar-refractivity contribution is 6.04. The van der Waals surface area contributed by atoms with Crippen LogP contribution < -0.4 is 15.5 Å². The van der Waals surface area contributed by atoms with Gasteiger partial charge in [0.1, 0.15) is 0 Å². The van der Waals surface area contributed by atoms with Crippen molar-refractivity contribution in [1.29, 1.82) is 0 Å². The van der Waals surface area contributed by atoms with Crippen LogP contribution in [0.5, 0.6) is 0 Å². The molecule has 1 aliphatic rings. The lowest BCUT2D eigenvalue weighted by molar-refractivity contribution is -0.153. The number of hydrogen-bond acceptors (Lipinski definition) is 5. The minimum Gasteiger partial charge on any atom is -0.431 e. The molecule has 0 aliphatic carbocycles. The summed E-state index contributed by atoms with van der Waals surface area (Å²) in [5.74, 6) is -2.67. The fourth-order valence-electron chi connectivity index (χ4n) is 3.24. The van der Waals surface area contributed by atoms with Crippen molar-refractivity contribution in [3.05, 3.63) is 66.1 Å².